The molecular weight excluding hydrogens is 685 g/mol. The lowest BCUT2D eigenvalue weighted by molar-refractivity contribution is -0.167. The van der Waals surface area contributed by atoms with E-state index in [1.807, 2.05) is 0 Å². The predicted molar refractivity (Wildman–Crippen MR) is 233 cm³/mol. The molecule has 0 saturated heterocycles. The Kier molecular flexibility index (Phi) is 42.0. The van der Waals surface area contributed by atoms with Gasteiger partial charge in [-0.05, 0) is 64.2 Å². The predicted octanol–water partition coefficient (Wildman–Crippen LogP) is 14.8. The fourth-order valence-corrected chi connectivity index (χ4v) is 6.38. The van der Waals surface area contributed by atoms with Gasteiger partial charge in [0.05, 0.1) is 0 Å². The Bertz CT molecular complexity index is 980. The van der Waals surface area contributed by atoms with Gasteiger partial charge in [-0.15, -0.1) is 0 Å². The number of allylic oxidation sites excluding steroid dienone is 8. The van der Waals surface area contributed by atoms with E-state index in [1.54, 1.807) is 0 Å². The molecule has 0 bridgehead atoms. The van der Waals surface area contributed by atoms with Gasteiger partial charge in [0.2, 0.25) is 0 Å². The summed E-state index contributed by atoms with van der Waals surface area (Å²) in [7, 11) is 0. The maximum absolute atomic E-state index is 12.7. The SMILES string of the molecule is CC\C=C/C=C\C=C/CCCCCCCC(=O)OCC(COC(=O)CCCCCCCCCCCCC)OC(=O)CCCCC/C=C\CCCCCCCC. The summed E-state index contributed by atoms with van der Waals surface area (Å²) in [6, 6.07) is 0. The average Bonchev–Trinajstić information content (AvgIpc) is 3.18. The fraction of sp³-hybridized carbons (Fsp3) is 0.776. The molecule has 0 aliphatic heterocycles. The third kappa shape index (κ3) is 42.4. The minimum Gasteiger partial charge on any atom is -0.462 e. The maximum atomic E-state index is 12.7. The van der Waals surface area contributed by atoms with Crippen LogP contribution in [0.4, 0.5) is 0 Å². The molecule has 0 aromatic heterocycles. The lowest BCUT2D eigenvalue weighted by atomic mass is 10.1. The molecule has 0 aliphatic rings. The van der Waals surface area contributed by atoms with Crippen LogP contribution >= 0.6 is 0 Å². The quantitative estimate of drug-likeness (QED) is 0.0202. The van der Waals surface area contributed by atoms with E-state index in [9.17, 15) is 14.4 Å². The summed E-state index contributed by atoms with van der Waals surface area (Å²) in [4.78, 5) is 37.7. The molecule has 0 rings (SSSR count). The van der Waals surface area contributed by atoms with E-state index in [4.69, 9.17) is 14.2 Å². The van der Waals surface area contributed by atoms with Crippen LogP contribution in [0.2, 0.25) is 0 Å². The molecule has 0 fully saturated rings. The first kappa shape index (κ1) is 52.4. The summed E-state index contributed by atoms with van der Waals surface area (Å²) in [6.45, 7) is 6.45. The fourth-order valence-electron chi connectivity index (χ4n) is 6.38. The Balaban J connectivity index is 4.42. The second-order valence-corrected chi connectivity index (χ2v) is 15.3. The van der Waals surface area contributed by atoms with Gasteiger partial charge in [0.1, 0.15) is 13.2 Å². The molecule has 0 radical (unpaired) electrons. The van der Waals surface area contributed by atoms with Gasteiger partial charge >= 0.3 is 17.9 Å². The van der Waals surface area contributed by atoms with Crippen LogP contribution in [-0.2, 0) is 28.6 Å². The Morgan fingerprint density at radius 3 is 1.16 bits per heavy atom. The van der Waals surface area contributed by atoms with E-state index >= 15 is 0 Å². The summed E-state index contributed by atoms with van der Waals surface area (Å²) in [5.41, 5.74) is 0. The van der Waals surface area contributed by atoms with Crippen molar-refractivity contribution < 1.29 is 28.6 Å². The Labute approximate surface area is 339 Å². The van der Waals surface area contributed by atoms with E-state index in [2.05, 4.69) is 69.4 Å². The largest absolute Gasteiger partial charge is 0.462 e. The number of rotatable bonds is 41. The van der Waals surface area contributed by atoms with Gasteiger partial charge < -0.3 is 14.2 Å². The van der Waals surface area contributed by atoms with Crippen molar-refractivity contribution >= 4 is 17.9 Å². The Morgan fingerprint density at radius 2 is 0.727 bits per heavy atom. The van der Waals surface area contributed by atoms with E-state index in [0.717, 1.165) is 96.3 Å². The van der Waals surface area contributed by atoms with Gasteiger partial charge in [-0.3, -0.25) is 14.4 Å². The third-order valence-corrected chi connectivity index (χ3v) is 9.88. The number of ether oxygens (including phenoxy) is 3. The zero-order chi connectivity index (χ0) is 40.1. The molecule has 1 atom stereocenters. The number of esters is 3. The van der Waals surface area contributed by atoms with Crippen LogP contribution in [0.15, 0.2) is 48.6 Å². The zero-order valence-electron chi connectivity index (χ0n) is 36.2. The van der Waals surface area contributed by atoms with Crippen molar-refractivity contribution in [2.45, 2.75) is 232 Å². The first-order chi connectivity index (χ1) is 27.0. The highest BCUT2D eigenvalue weighted by molar-refractivity contribution is 5.71. The summed E-state index contributed by atoms with van der Waals surface area (Å²) >= 11 is 0. The highest BCUT2D eigenvalue weighted by Crippen LogP contribution is 2.14. The van der Waals surface area contributed by atoms with Crippen molar-refractivity contribution in [1.82, 2.24) is 0 Å². The number of hydrogen-bond acceptors (Lipinski definition) is 6. The van der Waals surface area contributed by atoms with Gasteiger partial charge in [-0.1, -0.05) is 191 Å². The maximum Gasteiger partial charge on any atom is 0.306 e. The molecule has 55 heavy (non-hydrogen) atoms. The molecule has 0 aliphatic carbocycles. The van der Waals surface area contributed by atoms with Gasteiger partial charge in [-0.2, -0.15) is 0 Å². The van der Waals surface area contributed by atoms with Gasteiger partial charge in [-0.25, -0.2) is 0 Å². The third-order valence-electron chi connectivity index (χ3n) is 9.88. The highest BCUT2D eigenvalue weighted by atomic mass is 16.6. The van der Waals surface area contributed by atoms with Crippen LogP contribution in [0.3, 0.4) is 0 Å². The highest BCUT2D eigenvalue weighted by Gasteiger charge is 2.19. The molecule has 1 unspecified atom stereocenters. The minimum absolute atomic E-state index is 0.0844. The standard InChI is InChI=1S/C49H86O6/c1-4-7-10-13-16-19-22-24-27-30-33-36-39-42-48(51)54-45-46(44-53-47(50)41-38-35-32-29-26-21-18-15-12-9-6-3)55-49(52)43-40-37-34-31-28-25-23-20-17-14-11-8-5-2/h7,10,13,16,19,22,25,28,46H,4-6,8-9,11-12,14-15,17-18,20-21,23-24,26-27,29-45H2,1-3H3/b10-7-,16-13-,22-19-,28-25-. The van der Waals surface area contributed by atoms with Crippen LogP contribution in [0.1, 0.15) is 226 Å². The lowest BCUT2D eigenvalue weighted by Crippen LogP contribution is -2.30. The van der Waals surface area contributed by atoms with Crippen LogP contribution in [0.25, 0.3) is 0 Å². The smallest absolute Gasteiger partial charge is 0.306 e. The topological polar surface area (TPSA) is 78.9 Å². The summed E-state index contributed by atoms with van der Waals surface area (Å²) in [5, 5.41) is 0. The number of unbranched alkanes of at least 4 members (excludes halogenated alkanes) is 24. The van der Waals surface area contributed by atoms with Gasteiger partial charge in [0, 0.05) is 19.3 Å². The molecular formula is C49H86O6. The monoisotopic (exact) mass is 771 g/mol. The van der Waals surface area contributed by atoms with Crippen LogP contribution in [0.5, 0.6) is 0 Å². The normalized spacial score (nSPS) is 12.4. The molecule has 6 heteroatoms. The summed E-state index contributed by atoms with van der Waals surface area (Å²) in [6.07, 6.45) is 50.9. The van der Waals surface area contributed by atoms with E-state index < -0.39 is 6.10 Å². The molecule has 6 nitrogen and oxygen atoms in total. The van der Waals surface area contributed by atoms with Crippen molar-refractivity contribution in [1.29, 1.82) is 0 Å². The minimum atomic E-state index is -0.784. The Morgan fingerprint density at radius 1 is 0.382 bits per heavy atom. The number of hydrogen-bond donors (Lipinski definition) is 0. The van der Waals surface area contributed by atoms with Crippen molar-refractivity contribution in [3.8, 4) is 0 Å². The summed E-state index contributed by atoms with van der Waals surface area (Å²) in [5.74, 6) is -0.922. The average molecular weight is 771 g/mol. The van der Waals surface area contributed by atoms with Crippen LogP contribution in [-0.4, -0.2) is 37.2 Å². The first-order valence-electron chi connectivity index (χ1n) is 23.2. The van der Waals surface area contributed by atoms with Crippen molar-refractivity contribution in [3.05, 3.63) is 48.6 Å². The molecule has 0 amide bonds. The molecule has 0 aromatic carbocycles. The van der Waals surface area contributed by atoms with Crippen molar-refractivity contribution in [3.63, 3.8) is 0 Å². The lowest BCUT2D eigenvalue weighted by Gasteiger charge is -2.18. The number of carbonyl (C=O) groups excluding carboxylic acids is 3. The molecule has 318 valence electrons. The zero-order valence-corrected chi connectivity index (χ0v) is 36.2. The Hall–Kier alpha value is -2.63. The summed E-state index contributed by atoms with van der Waals surface area (Å²) < 4.78 is 16.7. The molecule has 0 spiro atoms. The van der Waals surface area contributed by atoms with Gasteiger partial charge in [0.25, 0.3) is 0 Å². The van der Waals surface area contributed by atoms with Crippen LogP contribution < -0.4 is 0 Å². The first-order valence-corrected chi connectivity index (χ1v) is 23.2. The van der Waals surface area contributed by atoms with E-state index in [-0.39, 0.29) is 31.1 Å². The van der Waals surface area contributed by atoms with Crippen molar-refractivity contribution in [2.24, 2.45) is 0 Å². The molecule has 0 heterocycles. The van der Waals surface area contributed by atoms with Gasteiger partial charge in [0.15, 0.2) is 6.10 Å². The van der Waals surface area contributed by atoms with Crippen molar-refractivity contribution in [2.75, 3.05) is 13.2 Å². The second-order valence-electron chi connectivity index (χ2n) is 15.3. The molecule has 0 aromatic rings. The van der Waals surface area contributed by atoms with E-state index in [0.29, 0.717) is 19.3 Å². The molecule has 0 saturated carbocycles. The van der Waals surface area contributed by atoms with Crippen LogP contribution in [0, 0.1) is 0 Å². The van der Waals surface area contributed by atoms with E-state index in [1.165, 1.54) is 89.9 Å². The number of carbonyl (C=O) groups is 3. The molecule has 0 N–H and O–H groups in total. The second kappa shape index (κ2) is 44.1.